The molecule has 3 N–H and O–H groups in total. The fourth-order valence-corrected chi connectivity index (χ4v) is 2.97. The molecule has 0 fully saturated rings. The second-order valence-electron chi connectivity index (χ2n) is 6.24. The lowest BCUT2D eigenvalue weighted by atomic mass is 10.0. The number of ketones is 1. The number of nitrogens with two attached hydrogens (primary N) is 1. The minimum absolute atomic E-state index is 0.0120. The highest BCUT2D eigenvalue weighted by atomic mass is 19.1. The summed E-state index contributed by atoms with van der Waals surface area (Å²) in [6, 6.07) is 9.99. The number of esters is 1. The molecule has 5 nitrogen and oxygen atoms in total. The van der Waals surface area contributed by atoms with Gasteiger partial charge in [0.2, 0.25) is 5.78 Å². The van der Waals surface area contributed by atoms with Gasteiger partial charge in [0.15, 0.2) is 6.10 Å². The second-order valence-corrected chi connectivity index (χ2v) is 6.24. The van der Waals surface area contributed by atoms with Crippen LogP contribution in [-0.4, -0.2) is 22.8 Å². The molecule has 0 aliphatic heterocycles. The molecule has 0 radical (unpaired) electrons. The Morgan fingerprint density at radius 1 is 1.12 bits per heavy atom. The molecule has 0 unspecified atom stereocenters. The van der Waals surface area contributed by atoms with Crippen LogP contribution in [0.5, 0.6) is 0 Å². The molecule has 3 aromatic rings. The van der Waals surface area contributed by atoms with Gasteiger partial charge in [0.25, 0.3) is 0 Å². The van der Waals surface area contributed by atoms with Crippen LogP contribution >= 0.6 is 0 Å². The van der Waals surface area contributed by atoms with Crippen LogP contribution in [0.2, 0.25) is 0 Å². The first-order valence-electron chi connectivity index (χ1n) is 8.18. The van der Waals surface area contributed by atoms with Crippen molar-refractivity contribution in [1.29, 1.82) is 0 Å². The third kappa shape index (κ3) is 2.94. The zero-order valence-corrected chi connectivity index (χ0v) is 14.7. The standard InChI is InChI=1S/C20H19FN2O3/c1-10-8-9-14(21)17(18(10)22)20(25)26-12(3)19(24)16-11(2)23-15-7-5-4-6-13(15)16/h4-9,12,23H,22H2,1-3H3/t12-/m0/s1. The van der Waals surface area contributed by atoms with Gasteiger partial charge in [-0.3, -0.25) is 4.79 Å². The number of aromatic nitrogens is 1. The Labute approximate surface area is 150 Å². The summed E-state index contributed by atoms with van der Waals surface area (Å²) >= 11 is 0. The smallest absolute Gasteiger partial charge is 0.343 e. The first kappa shape index (κ1) is 17.7. The van der Waals surface area contributed by atoms with Crippen molar-refractivity contribution in [2.75, 3.05) is 5.73 Å². The number of hydrogen-bond acceptors (Lipinski definition) is 4. The van der Waals surface area contributed by atoms with Crippen LogP contribution in [0.1, 0.15) is 38.9 Å². The van der Waals surface area contributed by atoms with E-state index in [1.54, 1.807) is 13.8 Å². The summed E-state index contributed by atoms with van der Waals surface area (Å²) in [7, 11) is 0. The van der Waals surface area contributed by atoms with E-state index >= 15 is 0 Å². The SMILES string of the molecule is Cc1ccc(F)c(C(=O)O[C@@H](C)C(=O)c2c(C)[nH]c3ccccc23)c1N. The van der Waals surface area contributed by atoms with Crippen LogP contribution < -0.4 is 5.73 Å². The first-order valence-corrected chi connectivity index (χ1v) is 8.18. The average molecular weight is 354 g/mol. The molecule has 0 bridgehead atoms. The van der Waals surface area contributed by atoms with Crippen molar-refractivity contribution in [1.82, 2.24) is 4.98 Å². The molecule has 6 heteroatoms. The molecule has 1 heterocycles. The quantitative estimate of drug-likeness (QED) is 0.422. The van der Waals surface area contributed by atoms with Gasteiger partial charge >= 0.3 is 5.97 Å². The molecule has 134 valence electrons. The van der Waals surface area contributed by atoms with Crippen molar-refractivity contribution < 1.29 is 18.7 Å². The van der Waals surface area contributed by atoms with Gasteiger partial charge in [0.1, 0.15) is 11.4 Å². The Morgan fingerprint density at radius 2 is 1.81 bits per heavy atom. The summed E-state index contributed by atoms with van der Waals surface area (Å²) in [6.07, 6.45) is -1.08. The topological polar surface area (TPSA) is 85.2 Å². The molecule has 0 spiro atoms. The number of rotatable bonds is 4. The Bertz CT molecular complexity index is 1020. The largest absolute Gasteiger partial charge is 0.451 e. The number of nitrogen functional groups attached to an aromatic ring is 1. The lowest BCUT2D eigenvalue weighted by Gasteiger charge is -2.15. The molecule has 0 saturated heterocycles. The summed E-state index contributed by atoms with van der Waals surface area (Å²) in [5, 5.41) is 0.749. The van der Waals surface area contributed by atoms with Crippen molar-refractivity contribution in [3.63, 3.8) is 0 Å². The molecule has 2 aromatic carbocycles. The van der Waals surface area contributed by atoms with Crippen molar-refractivity contribution >= 4 is 28.3 Å². The minimum atomic E-state index is -1.08. The van der Waals surface area contributed by atoms with Crippen molar-refractivity contribution in [2.45, 2.75) is 26.9 Å². The molecule has 0 aliphatic carbocycles. The summed E-state index contributed by atoms with van der Waals surface area (Å²) in [4.78, 5) is 28.3. The van der Waals surface area contributed by atoms with E-state index in [1.165, 1.54) is 13.0 Å². The zero-order chi connectivity index (χ0) is 19.0. The third-order valence-electron chi connectivity index (χ3n) is 4.41. The number of para-hydroxylation sites is 1. The number of aryl methyl sites for hydroxylation is 2. The molecule has 0 aliphatic rings. The average Bonchev–Trinajstić information content (AvgIpc) is 2.93. The summed E-state index contributed by atoms with van der Waals surface area (Å²) in [5.41, 5.74) is 7.98. The van der Waals surface area contributed by atoms with Gasteiger partial charge in [-0.05, 0) is 38.5 Å². The number of fused-ring (bicyclic) bond motifs is 1. The van der Waals surface area contributed by atoms with Gasteiger partial charge < -0.3 is 15.5 Å². The molecule has 1 atom stereocenters. The Kier molecular flexibility index (Phi) is 4.50. The van der Waals surface area contributed by atoms with Gasteiger partial charge in [0.05, 0.1) is 5.69 Å². The molecular weight excluding hydrogens is 335 g/mol. The number of halogens is 1. The third-order valence-corrected chi connectivity index (χ3v) is 4.41. The molecular formula is C20H19FN2O3. The van der Waals surface area contributed by atoms with E-state index in [-0.39, 0.29) is 17.0 Å². The summed E-state index contributed by atoms with van der Waals surface area (Å²) in [6.45, 7) is 4.90. The summed E-state index contributed by atoms with van der Waals surface area (Å²) in [5.74, 6) is -2.09. The number of ether oxygens (including phenoxy) is 1. The van der Waals surface area contributed by atoms with E-state index in [2.05, 4.69) is 4.98 Å². The fraction of sp³-hybridized carbons (Fsp3) is 0.200. The predicted octanol–water partition coefficient (Wildman–Crippen LogP) is 3.93. The van der Waals surface area contributed by atoms with E-state index in [0.717, 1.165) is 17.0 Å². The Hall–Kier alpha value is -3.15. The van der Waals surface area contributed by atoms with Crippen LogP contribution in [0.15, 0.2) is 36.4 Å². The van der Waals surface area contributed by atoms with E-state index in [0.29, 0.717) is 16.8 Å². The number of benzene rings is 2. The van der Waals surface area contributed by atoms with Crippen LogP contribution in [0, 0.1) is 19.7 Å². The maximum atomic E-state index is 14.0. The Balaban J connectivity index is 1.89. The van der Waals surface area contributed by atoms with Gasteiger partial charge in [-0.1, -0.05) is 24.3 Å². The number of anilines is 1. The lowest BCUT2D eigenvalue weighted by Crippen LogP contribution is -2.26. The number of Topliss-reactive ketones (excluding diaryl/α,β-unsaturated/α-hetero) is 1. The Morgan fingerprint density at radius 3 is 2.54 bits per heavy atom. The number of aromatic amines is 1. The number of nitrogens with one attached hydrogen (secondary N) is 1. The molecule has 26 heavy (non-hydrogen) atoms. The normalized spacial score (nSPS) is 12.2. The fourth-order valence-electron chi connectivity index (χ4n) is 2.97. The highest BCUT2D eigenvalue weighted by molar-refractivity contribution is 6.12. The molecule has 1 aromatic heterocycles. The van der Waals surface area contributed by atoms with Gasteiger partial charge in [-0.25, -0.2) is 9.18 Å². The zero-order valence-electron chi connectivity index (χ0n) is 14.7. The molecule has 0 amide bonds. The van der Waals surface area contributed by atoms with E-state index < -0.39 is 17.9 Å². The van der Waals surface area contributed by atoms with Gasteiger partial charge in [-0.2, -0.15) is 0 Å². The van der Waals surface area contributed by atoms with Crippen molar-refractivity contribution in [3.05, 3.63) is 64.6 Å². The highest BCUT2D eigenvalue weighted by Gasteiger charge is 2.27. The van der Waals surface area contributed by atoms with E-state index in [1.807, 2.05) is 24.3 Å². The van der Waals surface area contributed by atoms with E-state index in [9.17, 15) is 14.0 Å². The number of H-pyrrole nitrogens is 1. The van der Waals surface area contributed by atoms with Crippen LogP contribution in [0.25, 0.3) is 10.9 Å². The highest BCUT2D eigenvalue weighted by Crippen LogP contribution is 2.25. The van der Waals surface area contributed by atoms with Crippen LogP contribution in [0.3, 0.4) is 0 Å². The lowest BCUT2D eigenvalue weighted by molar-refractivity contribution is 0.0315. The number of carbonyl (C=O) groups excluding carboxylic acids is 2. The van der Waals surface area contributed by atoms with Crippen LogP contribution in [0.4, 0.5) is 10.1 Å². The minimum Gasteiger partial charge on any atom is -0.451 e. The number of hydrogen-bond donors (Lipinski definition) is 2. The van der Waals surface area contributed by atoms with Gasteiger partial charge in [-0.15, -0.1) is 0 Å². The maximum Gasteiger partial charge on any atom is 0.343 e. The molecule has 3 rings (SSSR count). The van der Waals surface area contributed by atoms with Crippen molar-refractivity contribution in [3.8, 4) is 0 Å². The monoisotopic (exact) mass is 354 g/mol. The first-order chi connectivity index (χ1) is 12.3. The van der Waals surface area contributed by atoms with E-state index in [4.69, 9.17) is 10.5 Å². The summed E-state index contributed by atoms with van der Waals surface area (Å²) < 4.78 is 19.2. The van der Waals surface area contributed by atoms with Crippen molar-refractivity contribution in [2.24, 2.45) is 0 Å². The number of carbonyl (C=O) groups is 2. The van der Waals surface area contributed by atoms with Gasteiger partial charge in [0, 0.05) is 22.2 Å². The van der Waals surface area contributed by atoms with Crippen LogP contribution in [-0.2, 0) is 4.74 Å². The second kappa shape index (κ2) is 6.63. The predicted molar refractivity (Wildman–Crippen MR) is 97.8 cm³/mol. The molecule has 0 saturated carbocycles. The maximum absolute atomic E-state index is 14.0.